The number of halogens is 2. The van der Waals surface area contributed by atoms with Gasteiger partial charge in [-0.2, -0.15) is 0 Å². The highest BCUT2D eigenvalue weighted by Gasteiger charge is 2.09. The van der Waals surface area contributed by atoms with Crippen molar-refractivity contribution in [3.05, 3.63) is 34.9 Å². The van der Waals surface area contributed by atoms with Gasteiger partial charge in [-0.05, 0) is 30.0 Å². The van der Waals surface area contributed by atoms with Crippen LogP contribution in [0.2, 0.25) is 0 Å². The quantitative estimate of drug-likeness (QED) is 0.766. The van der Waals surface area contributed by atoms with Crippen molar-refractivity contribution < 1.29 is 13.9 Å². The zero-order valence-corrected chi connectivity index (χ0v) is 7.48. The molecule has 1 N–H and O–H groups in total. The second kappa shape index (κ2) is 4.33. The molecule has 3 heteroatoms. The van der Waals surface area contributed by atoms with Gasteiger partial charge < -0.3 is 5.11 Å². The third-order valence-electron chi connectivity index (χ3n) is 1.95. The highest BCUT2D eigenvalue weighted by atomic mass is 19.2. The number of rotatable bonds is 3. The summed E-state index contributed by atoms with van der Waals surface area (Å²) in [6.07, 6.45) is 0.826. The maximum atomic E-state index is 13.0. The smallest absolute Gasteiger partial charge is 0.162 e. The number of hydrogen-bond acceptors (Lipinski definition) is 1. The molecule has 0 bridgehead atoms. The number of aliphatic hydroxyl groups excluding tert-OH is 1. The summed E-state index contributed by atoms with van der Waals surface area (Å²) in [5.41, 5.74) is 1.00. The molecule has 0 aliphatic heterocycles. The van der Waals surface area contributed by atoms with E-state index in [-0.39, 0.29) is 18.6 Å². The van der Waals surface area contributed by atoms with Crippen LogP contribution in [0.1, 0.15) is 18.1 Å². The van der Waals surface area contributed by atoms with Gasteiger partial charge in [0.1, 0.15) is 0 Å². The van der Waals surface area contributed by atoms with E-state index in [1.807, 2.05) is 6.92 Å². The molecule has 0 aliphatic rings. The van der Waals surface area contributed by atoms with E-state index in [1.54, 1.807) is 6.07 Å². The predicted molar refractivity (Wildman–Crippen MR) is 46.5 cm³/mol. The average Bonchev–Trinajstić information content (AvgIpc) is 2.13. The van der Waals surface area contributed by atoms with Crippen LogP contribution in [-0.4, -0.2) is 11.7 Å². The van der Waals surface area contributed by atoms with Gasteiger partial charge in [0.2, 0.25) is 0 Å². The predicted octanol–water partition coefficient (Wildman–Crippen LogP) is 2.06. The van der Waals surface area contributed by atoms with Gasteiger partial charge in [-0.25, -0.2) is 8.78 Å². The first kappa shape index (κ1) is 10.1. The van der Waals surface area contributed by atoms with Gasteiger partial charge in [0.25, 0.3) is 0 Å². The summed E-state index contributed by atoms with van der Waals surface area (Å²) in [7, 11) is 0. The minimum absolute atomic E-state index is 0.163. The molecule has 72 valence electrons. The van der Waals surface area contributed by atoms with Crippen molar-refractivity contribution in [3.8, 4) is 0 Å². The Morgan fingerprint density at radius 2 is 2.00 bits per heavy atom. The van der Waals surface area contributed by atoms with Gasteiger partial charge in [-0.3, -0.25) is 0 Å². The van der Waals surface area contributed by atoms with E-state index in [9.17, 15) is 8.78 Å². The van der Waals surface area contributed by atoms with E-state index in [0.29, 0.717) is 6.42 Å². The molecule has 0 spiro atoms. The van der Waals surface area contributed by atoms with Crippen LogP contribution >= 0.6 is 0 Å². The van der Waals surface area contributed by atoms with Crippen LogP contribution in [0.4, 0.5) is 8.78 Å². The van der Waals surface area contributed by atoms with Crippen molar-refractivity contribution in [1.82, 2.24) is 0 Å². The number of aliphatic hydroxyl groups is 1. The highest BCUT2D eigenvalue weighted by molar-refractivity contribution is 5.26. The third-order valence-corrected chi connectivity index (χ3v) is 1.95. The summed E-state index contributed by atoms with van der Waals surface area (Å²) in [4.78, 5) is 0. The number of benzene rings is 1. The maximum absolute atomic E-state index is 13.0. The molecule has 0 unspecified atom stereocenters. The molecule has 0 amide bonds. The lowest BCUT2D eigenvalue weighted by Gasteiger charge is -2.04. The molecular weight excluding hydrogens is 174 g/mol. The van der Waals surface area contributed by atoms with Gasteiger partial charge in [-0.1, -0.05) is 13.0 Å². The maximum Gasteiger partial charge on any atom is 0.162 e. The molecule has 0 aromatic heterocycles. The third kappa shape index (κ3) is 2.25. The van der Waals surface area contributed by atoms with Crippen LogP contribution < -0.4 is 0 Å². The Bertz CT molecular complexity index is 297. The van der Waals surface area contributed by atoms with Gasteiger partial charge in [0.05, 0.1) is 0 Å². The van der Waals surface area contributed by atoms with Gasteiger partial charge in [0, 0.05) is 6.61 Å². The fourth-order valence-corrected chi connectivity index (χ4v) is 1.21. The van der Waals surface area contributed by atoms with Crippen LogP contribution in [0, 0.1) is 11.6 Å². The Morgan fingerprint density at radius 3 is 2.54 bits per heavy atom. The van der Waals surface area contributed by atoms with Gasteiger partial charge in [0.15, 0.2) is 11.6 Å². The van der Waals surface area contributed by atoms with Crippen LogP contribution in [-0.2, 0) is 12.8 Å². The summed E-state index contributed by atoms with van der Waals surface area (Å²) >= 11 is 0. The molecule has 0 aliphatic carbocycles. The lowest BCUT2D eigenvalue weighted by molar-refractivity contribution is 0.297. The Labute approximate surface area is 76.0 Å². The molecule has 1 rings (SSSR count). The fraction of sp³-hybridized carbons (Fsp3) is 0.400. The molecule has 1 aromatic rings. The molecule has 0 fully saturated rings. The van der Waals surface area contributed by atoms with Crippen LogP contribution in [0.15, 0.2) is 12.1 Å². The molecule has 0 atom stereocenters. The number of hydrogen-bond donors (Lipinski definition) is 1. The Morgan fingerprint density at radius 1 is 1.31 bits per heavy atom. The van der Waals surface area contributed by atoms with E-state index in [4.69, 9.17) is 5.11 Å². The molecule has 0 heterocycles. The molecule has 0 saturated heterocycles. The lowest BCUT2D eigenvalue weighted by Crippen LogP contribution is -1.99. The largest absolute Gasteiger partial charge is 0.396 e. The summed E-state index contributed by atoms with van der Waals surface area (Å²) < 4.78 is 25.9. The fourth-order valence-electron chi connectivity index (χ4n) is 1.21. The minimum Gasteiger partial charge on any atom is -0.396 e. The molecule has 1 nitrogen and oxygen atoms in total. The second-order valence-electron chi connectivity index (χ2n) is 2.88. The molecule has 0 radical (unpaired) electrons. The van der Waals surface area contributed by atoms with Gasteiger partial charge in [-0.15, -0.1) is 0 Å². The Balaban J connectivity index is 3.09. The minimum atomic E-state index is -0.841. The summed E-state index contributed by atoms with van der Waals surface area (Å²) in [5, 5.41) is 8.61. The van der Waals surface area contributed by atoms with Crippen molar-refractivity contribution in [2.45, 2.75) is 19.8 Å². The van der Waals surface area contributed by atoms with Crippen molar-refractivity contribution in [1.29, 1.82) is 0 Å². The SMILES string of the molecule is CCc1cc(F)c(F)c(CCO)c1. The summed E-state index contributed by atoms with van der Waals surface area (Å²) in [5.74, 6) is -1.67. The standard InChI is InChI=1S/C10H12F2O/c1-2-7-5-8(3-4-13)10(12)9(11)6-7/h5-6,13H,2-4H2,1H3. The van der Waals surface area contributed by atoms with Crippen molar-refractivity contribution in [2.75, 3.05) is 6.61 Å². The Hall–Kier alpha value is -0.960. The summed E-state index contributed by atoms with van der Waals surface area (Å²) in [6.45, 7) is 1.71. The monoisotopic (exact) mass is 186 g/mol. The first-order valence-electron chi connectivity index (χ1n) is 4.26. The van der Waals surface area contributed by atoms with Crippen LogP contribution in [0.5, 0.6) is 0 Å². The second-order valence-corrected chi connectivity index (χ2v) is 2.88. The van der Waals surface area contributed by atoms with E-state index in [2.05, 4.69) is 0 Å². The first-order valence-corrected chi connectivity index (χ1v) is 4.26. The zero-order chi connectivity index (χ0) is 9.84. The van der Waals surface area contributed by atoms with Crippen molar-refractivity contribution in [2.24, 2.45) is 0 Å². The van der Waals surface area contributed by atoms with Crippen LogP contribution in [0.3, 0.4) is 0 Å². The van der Waals surface area contributed by atoms with Crippen molar-refractivity contribution >= 4 is 0 Å². The zero-order valence-electron chi connectivity index (χ0n) is 7.48. The van der Waals surface area contributed by atoms with Gasteiger partial charge >= 0.3 is 0 Å². The van der Waals surface area contributed by atoms with Crippen molar-refractivity contribution in [3.63, 3.8) is 0 Å². The topological polar surface area (TPSA) is 20.2 Å². The lowest BCUT2D eigenvalue weighted by atomic mass is 10.1. The molecule has 1 aromatic carbocycles. The first-order chi connectivity index (χ1) is 6.19. The molecule has 0 saturated carbocycles. The van der Waals surface area contributed by atoms with E-state index in [1.165, 1.54) is 6.07 Å². The normalized spacial score (nSPS) is 10.5. The molecule has 13 heavy (non-hydrogen) atoms. The van der Waals surface area contributed by atoms with Crippen LogP contribution in [0.25, 0.3) is 0 Å². The highest BCUT2D eigenvalue weighted by Crippen LogP contribution is 2.15. The van der Waals surface area contributed by atoms with E-state index >= 15 is 0 Å². The number of aryl methyl sites for hydroxylation is 1. The Kier molecular flexibility index (Phi) is 3.37. The summed E-state index contributed by atoms with van der Waals surface area (Å²) in [6, 6.07) is 2.78. The molecular formula is C10H12F2O. The van der Waals surface area contributed by atoms with E-state index < -0.39 is 11.6 Å². The van der Waals surface area contributed by atoms with E-state index in [0.717, 1.165) is 5.56 Å². The average molecular weight is 186 g/mol.